The maximum atomic E-state index is 11.4. The van der Waals surface area contributed by atoms with Gasteiger partial charge < -0.3 is 10.4 Å². The number of rotatable bonds is 4. The van der Waals surface area contributed by atoms with Crippen LogP contribution in [0.25, 0.3) is 5.65 Å². The molecule has 102 valence electrons. The monoisotopic (exact) mass is 271 g/mol. The molecule has 0 saturated carbocycles. The molecule has 0 spiro atoms. The predicted octanol–water partition coefficient (Wildman–Crippen LogP) is 0.522. The molecule has 0 aliphatic carbocycles. The van der Waals surface area contributed by atoms with Gasteiger partial charge in [-0.15, -0.1) is 5.10 Å². The molecule has 2 aromatic heterocycles. The number of fused-ring (bicyclic) bond motifs is 1. The Bertz CT molecular complexity index is 775. The summed E-state index contributed by atoms with van der Waals surface area (Å²) in [5, 5.41) is 22.4. The normalized spacial score (nSPS) is 10.8. The summed E-state index contributed by atoms with van der Waals surface area (Å²) in [5.74, 6) is 0.590. The summed E-state index contributed by atoms with van der Waals surface area (Å²) in [6.45, 7) is 0.617. The van der Waals surface area contributed by atoms with E-state index in [4.69, 9.17) is 5.11 Å². The van der Waals surface area contributed by atoms with Crippen LogP contribution in [0.5, 0.6) is 0 Å². The maximum Gasteiger partial charge on any atom is 0.364 e. The number of nitrogens with zero attached hydrogens (tertiary/aromatic N) is 3. The van der Waals surface area contributed by atoms with Gasteiger partial charge in [0.05, 0.1) is 6.61 Å². The fraction of sp³-hybridized carbons (Fsp3) is 0.154. The van der Waals surface area contributed by atoms with E-state index in [0.29, 0.717) is 18.0 Å². The lowest BCUT2D eigenvalue weighted by Gasteiger charge is -2.06. The summed E-state index contributed by atoms with van der Waals surface area (Å²) in [6, 6.07) is 11.1. The van der Waals surface area contributed by atoms with Crippen LogP contribution in [-0.2, 0) is 13.2 Å². The molecule has 3 rings (SSSR count). The molecule has 0 aliphatic heterocycles. The van der Waals surface area contributed by atoms with Gasteiger partial charge in [-0.3, -0.25) is 0 Å². The Morgan fingerprint density at radius 3 is 2.65 bits per heavy atom. The maximum absolute atomic E-state index is 11.4. The van der Waals surface area contributed by atoms with Crippen molar-refractivity contribution < 1.29 is 5.11 Å². The zero-order valence-electron chi connectivity index (χ0n) is 10.6. The third-order valence-corrected chi connectivity index (χ3v) is 2.95. The van der Waals surface area contributed by atoms with Crippen LogP contribution in [0.3, 0.4) is 0 Å². The largest absolute Gasteiger partial charge is 0.392 e. The zero-order valence-corrected chi connectivity index (χ0v) is 10.6. The molecule has 3 aromatic rings. The van der Waals surface area contributed by atoms with Crippen LogP contribution in [0.4, 0.5) is 5.82 Å². The summed E-state index contributed by atoms with van der Waals surface area (Å²) in [4.78, 5) is 11.4. The summed E-state index contributed by atoms with van der Waals surface area (Å²) in [6.07, 6.45) is 0. The van der Waals surface area contributed by atoms with E-state index in [2.05, 4.69) is 20.6 Å². The molecule has 20 heavy (non-hydrogen) atoms. The van der Waals surface area contributed by atoms with E-state index in [9.17, 15) is 4.79 Å². The van der Waals surface area contributed by atoms with Crippen LogP contribution >= 0.6 is 0 Å². The first-order valence-corrected chi connectivity index (χ1v) is 6.13. The first-order valence-electron chi connectivity index (χ1n) is 6.13. The highest BCUT2D eigenvalue weighted by atomic mass is 16.3. The summed E-state index contributed by atoms with van der Waals surface area (Å²) in [7, 11) is 0. The molecule has 0 atom stereocenters. The fourth-order valence-electron chi connectivity index (χ4n) is 1.85. The van der Waals surface area contributed by atoms with Crippen LogP contribution in [0.15, 0.2) is 41.2 Å². The van der Waals surface area contributed by atoms with E-state index in [1.165, 1.54) is 4.52 Å². The minimum Gasteiger partial charge on any atom is -0.392 e. The molecule has 7 heteroatoms. The van der Waals surface area contributed by atoms with E-state index >= 15 is 0 Å². The van der Waals surface area contributed by atoms with Crippen LogP contribution in [0, 0.1) is 0 Å². The number of H-pyrrole nitrogens is 1. The van der Waals surface area contributed by atoms with Crippen LogP contribution in [0.1, 0.15) is 11.1 Å². The minimum absolute atomic E-state index is 0.0370. The van der Waals surface area contributed by atoms with E-state index in [-0.39, 0.29) is 12.3 Å². The number of anilines is 1. The third-order valence-electron chi connectivity index (χ3n) is 2.95. The van der Waals surface area contributed by atoms with Gasteiger partial charge in [0, 0.05) is 6.54 Å². The van der Waals surface area contributed by atoms with E-state index in [1.807, 2.05) is 24.3 Å². The smallest absolute Gasteiger partial charge is 0.364 e. The van der Waals surface area contributed by atoms with Crippen molar-refractivity contribution >= 4 is 11.5 Å². The Labute approximate surface area is 113 Å². The molecule has 0 aliphatic rings. The molecule has 0 bridgehead atoms. The highest BCUT2D eigenvalue weighted by Crippen LogP contribution is 2.08. The molecular formula is C13H13N5O2. The van der Waals surface area contributed by atoms with Gasteiger partial charge in [-0.2, -0.15) is 9.61 Å². The third kappa shape index (κ3) is 2.39. The van der Waals surface area contributed by atoms with Gasteiger partial charge in [-0.05, 0) is 23.3 Å². The Morgan fingerprint density at radius 2 is 1.90 bits per heavy atom. The topological polar surface area (TPSA) is 95.3 Å². The fourth-order valence-corrected chi connectivity index (χ4v) is 1.85. The van der Waals surface area contributed by atoms with E-state index in [1.54, 1.807) is 12.1 Å². The SMILES string of the molecule is O=c1[nH]nc2ccc(NCc3ccc(CO)cc3)nn12. The first kappa shape index (κ1) is 12.4. The molecule has 0 amide bonds. The average Bonchev–Trinajstić information content (AvgIpc) is 2.87. The number of aromatic nitrogens is 4. The van der Waals surface area contributed by atoms with Crippen molar-refractivity contribution in [1.82, 2.24) is 19.8 Å². The van der Waals surface area contributed by atoms with Gasteiger partial charge in [0.25, 0.3) is 0 Å². The van der Waals surface area contributed by atoms with E-state index < -0.39 is 0 Å². The lowest BCUT2D eigenvalue weighted by atomic mass is 10.1. The van der Waals surface area contributed by atoms with Gasteiger partial charge >= 0.3 is 5.69 Å². The second-order valence-corrected chi connectivity index (χ2v) is 4.35. The molecule has 2 heterocycles. The number of nitrogens with one attached hydrogen (secondary N) is 2. The molecule has 0 fully saturated rings. The van der Waals surface area contributed by atoms with Crippen molar-refractivity contribution in [3.63, 3.8) is 0 Å². The Hall–Kier alpha value is -2.67. The average molecular weight is 271 g/mol. The number of aromatic amines is 1. The van der Waals surface area contributed by atoms with Gasteiger partial charge in [-0.25, -0.2) is 9.89 Å². The van der Waals surface area contributed by atoms with Crippen molar-refractivity contribution in [2.45, 2.75) is 13.2 Å². The molecule has 0 radical (unpaired) electrons. The van der Waals surface area contributed by atoms with E-state index in [0.717, 1.165) is 11.1 Å². The van der Waals surface area contributed by atoms with Gasteiger partial charge in [0.2, 0.25) is 0 Å². The Kier molecular flexibility index (Phi) is 3.18. The van der Waals surface area contributed by atoms with Crippen LogP contribution in [-0.4, -0.2) is 24.9 Å². The molecule has 7 nitrogen and oxygen atoms in total. The lowest BCUT2D eigenvalue weighted by molar-refractivity contribution is 0.282. The highest BCUT2D eigenvalue weighted by Gasteiger charge is 2.02. The number of aliphatic hydroxyl groups excluding tert-OH is 1. The molecule has 1 aromatic carbocycles. The number of hydrogen-bond donors (Lipinski definition) is 3. The number of aliphatic hydroxyl groups is 1. The summed E-state index contributed by atoms with van der Waals surface area (Å²) in [5.41, 5.74) is 2.05. The number of hydrogen-bond acceptors (Lipinski definition) is 5. The zero-order chi connectivity index (χ0) is 13.9. The molecule has 0 saturated heterocycles. The number of benzene rings is 1. The highest BCUT2D eigenvalue weighted by molar-refractivity contribution is 5.43. The molecule has 3 N–H and O–H groups in total. The molecular weight excluding hydrogens is 258 g/mol. The van der Waals surface area contributed by atoms with Crippen molar-refractivity contribution in [3.05, 3.63) is 58.0 Å². The van der Waals surface area contributed by atoms with Gasteiger partial charge in [0.1, 0.15) is 5.82 Å². The summed E-state index contributed by atoms with van der Waals surface area (Å²) < 4.78 is 1.21. The Morgan fingerprint density at radius 1 is 1.15 bits per heavy atom. The van der Waals surface area contributed by atoms with Gasteiger partial charge in [-0.1, -0.05) is 24.3 Å². The van der Waals surface area contributed by atoms with Crippen molar-refractivity contribution in [2.75, 3.05) is 5.32 Å². The minimum atomic E-state index is -0.365. The van der Waals surface area contributed by atoms with Crippen LogP contribution < -0.4 is 11.0 Å². The van der Waals surface area contributed by atoms with Crippen molar-refractivity contribution in [2.24, 2.45) is 0 Å². The summed E-state index contributed by atoms with van der Waals surface area (Å²) >= 11 is 0. The Balaban J connectivity index is 1.75. The first-order chi connectivity index (χ1) is 9.76. The van der Waals surface area contributed by atoms with Crippen molar-refractivity contribution in [3.8, 4) is 0 Å². The standard InChI is InChI=1S/C13H13N5O2/c19-8-10-3-1-9(2-4-10)7-14-11-5-6-12-15-16-13(20)18(12)17-11/h1-6,19H,7-8H2,(H,14,17)(H,16,20). The second kappa shape index (κ2) is 5.14. The second-order valence-electron chi connectivity index (χ2n) is 4.35. The van der Waals surface area contributed by atoms with Crippen LogP contribution in [0.2, 0.25) is 0 Å². The predicted molar refractivity (Wildman–Crippen MR) is 73.3 cm³/mol. The lowest BCUT2D eigenvalue weighted by Crippen LogP contribution is -2.13. The van der Waals surface area contributed by atoms with Crippen molar-refractivity contribution in [1.29, 1.82) is 0 Å². The van der Waals surface area contributed by atoms with Gasteiger partial charge in [0.15, 0.2) is 5.65 Å². The molecule has 0 unspecified atom stereocenters. The quantitative estimate of drug-likeness (QED) is 0.643.